The lowest BCUT2D eigenvalue weighted by atomic mass is 9.99. The molecule has 1 unspecified atom stereocenters. The zero-order valence-corrected chi connectivity index (χ0v) is 19.1. The van der Waals surface area contributed by atoms with Crippen LogP contribution in [-0.4, -0.2) is 50.9 Å². The standard InChI is InChI=1S/C21H22FN3O5S2/c1-29-16-9-10-17(30-2)19-18(16)23-21(31-19)24-20(26)13-4-3-11-25(12-13)32(27,28)15-7-5-14(22)6-8-15/h5-10,13H,3-4,11-12H2,1-2H3,(H,23,24,26). The molecule has 11 heteroatoms. The van der Waals surface area contributed by atoms with E-state index in [-0.39, 0.29) is 17.3 Å². The van der Waals surface area contributed by atoms with Crippen molar-refractivity contribution >= 4 is 42.6 Å². The number of aromatic nitrogens is 1. The highest BCUT2D eigenvalue weighted by molar-refractivity contribution is 7.89. The van der Waals surface area contributed by atoms with Crippen molar-refractivity contribution < 1.29 is 27.1 Å². The Labute approximate surface area is 189 Å². The van der Waals surface area contributed by atoms with E-state index < -0.39 is 21.8 Å². The number of amides is 1. The van der Waals surface area contributed by atoms with Gasteiger partial charge in [0.2, 0.25) is 15.9 Å². The average Bonchev–Trinajstić information content (AvgIpc) is 3.22. The Morgan fingerprint density at radius 1 is 1.16 bits per heavy atom. The van der Waals surface area contributed by atoms with Gasteiger partial charge in [-0.2, -0.15) is 4.31 Å². The molecule has 0 saturated carbocycles. The van der Waals surface area contributed by atoms with Crippen molar-refractivity contribution in [2.24, 2.45) is 5.92 Å². The molecule has 0 spiro atoms. The normalized spacial score (nSPS) is 17.3. The summed E-state index contributed by atoms with van der Waals surface area (Å²) in [6, 6.07) is 8.19. The third-order valence-electron chi connectivity index (χ3n) is 5.35. The fourth-order valence-corrected chi connectivity index (χ4v) is 6.18. The van der Waals surface area contributed by atoms with E-state index in [1.807, 2.05) is 0 Å². The Bertz CT molecular complexity index is 1200. The first-order valence-corrected chi connectivity index (χ1v) is 12.2. The Morgan fingerprint density at radius 3 is 2.53 bits per heavy atom. The maximum absolute atomic E-state index is 13.2. The number of piperidine rings is 1. The molecule has 2 aromatic carbocycles. The molecule has 1 aliphatic heterocycles. The number of nitrogens with one attached hydrogen (secondary N) is 1. The summed E-state index contributed by atoms with van der Waals surface area (Å²) < 4.78 is 51.7. The fraction of sp³-hybridized carbons (Fsp3) is 0.333. The number of benzene rings is 2. The van der Waals surface area contributed by atoms with Crippen molar-refractivity contribution in [3.05, 3.63) is 42.2 Å². The minimum absolute atomic E-state index is 0.00493. The van der Waals surface area contributed by atoms with Gasteiger partial charge < -0.3 is 14.8 Å². The van der Waals surface area contributed by atoms with Crippen LogP contribution in [0.15, 0.2) is 41.3 Å². The van der Waals surface area contributed by atoms with Gasteiger partial charge in [0.1, 0.15) is 27.5 Å². The van der Waals surface area contributed by atoms with Gasteiger partial charge in [0.15, 0.2) is 5.13 Å². The van der Waals surface area contributed by atoms with Gasteiger partial charge in [0.25, 0.3) is 0 Å². The minimum atomic E-state index is -3.82. The second kappa shape index (κ2) is 9.00. The number of halogens is 1. The van der Waals surface area contributed by atoms with Crippen molar-refractivity contribution in [3.8, 4) is 11.5 Å². The summed E-state index contributed by atoms with van der Waals surface area (Å²) in [7, 11) is -0.724. The molecular formula is C21H22FN3O5S2. The van der Waals surface area contributed by atoms with E-state index in [4.69, 9.17) is 9.47 Å². The number of hydrogen-bond acceptors (Lipinski definition) is 7. The van der Waals surface area contributed by atoms with Crippen LogP contribution in [0.4, 0.5) is 9.52 Å². The average molecular weight is 480 g/mol. The molecule has 8 nitrogen and oxygen atoms in total. The van der Waals surface area contributed by atoms with E-state index in [0.717, 1.165) is 16.8 Å². The second-order valence-electron chi connectivity index (χ2n) is 7.31. The van der Waals surface area contributed by atoms with Gasteiger partial charge >= 0.3 is 0 Å². The van der Waals surface area contributed by atoms with Crippen LogP contribution in [0.2, 0.25) is 0 Å². The highest BCUT2D eigenvalue weighted by Crippen LogP contribution is 2.39. The van der Waals surface area contributed by atoms with Gasteiger partial charge in [0.05, 0.1) is 25.0 Å². The van der Waals surface area contributed by atoms with E-state index in [2.05, 4.69) is 10.3 Å². The molecule has 170 valence electrons. The lowest BCUT2D eigenvalue weighted by Gasteiger charge is -2.31. The summed E-state index contributed by atoms with van der Waals surface area (Å²) in [5, 5.41) is 3.19. The Balaban J connectivity index is 1.52. The molecule has 1 atom stereocenters. The maximum atomic E-state index is 13.2. The van der Waals surface area contributed by atoms with Crippen LogP contribution in [0, 0.1) is 11.7 Å². The van der Waals surface area contributed by atoms with E-state index in [0.29, 0.717) is 41.5 Å². The zero-order chi connectivity index (χ0) is 22.9. The second-order valence-corrected chi connectivity index (χ2v) is 10.2. The molecule has 1 aliphatic rings. The minimum Gasteiger partial charge on any atom is -0.495 e. The number of hydrogen-bond donors (Lipinski definition) is 1. The number of rotatable bonds is 6. The SMILES string of the molecule is COc1ccc(OC)c2sc(NC(=O)C3CCCN(S(=O)(=O)c4ccc(F)cc4)C3)nc12. The monoisotopic (exact) mass is 479 g/mol. The summed E-state index contributed by atoms with van der Waals surface area (Å²) in [5.41, 5.74) is 0.580. The first-order valence-electron chi connectivity index (χ1n) is 9.91. The lowest BCUT2D eigenvalue weighted by molar-refractivity contribution is -0.120. The predicted molar refractivity (Wildman–Crippen MR) is 119 cm³/mol. The van der Waals surface area contributed by atoms with Gasteiger partial charge in [-0.15, -0.1) is 0 Å². The molecule has 32 heavy (non-hydrogen) atoms. The third-order valence-corrected chi connectivity index (χ3v) is 8.21. The number of carbonyl (C=O) groups excluding carboxylic acids is 1. The van der Waals surface area contributed by atoms with Crippen molar-refractivity contribution in [3.63, 3.8) is 0 Å². The molecule has 1 fully saturated rings. The molecule has 2 heterocycles. The van der Waals surface area contributed by atoms with E-state index >= 15 is 0 Å². The van der Waals surface area contributed by atoms with Crippen molar-refractivity contribution in [1.82, 2.24) is 9.29 Å². The number of fused-ring (bicyclic) bond motifs is 1. The fourth-order valence-electron chi connectivity index (χ4n) is 3.68. The number of sulfonamides is 1. The predicted octanol–water partition coefficient (Wildman–Crippen LogP) is 3.49. The lowest BCUT2D eigenvalue weighted by Crippen LogP contribution is -2.43. The van der Waals surface area contributed by atoms with Gasteiger partial charge in [-0.05, 0) is 49.2 Å². The summed E-state index contributed by atoms with van der Waals surface area (Å²) >= 11 is 1.26. The van der Waals surface area contributed by atoms with E-state index in [9.17, 15) is 17.6 Å². The van der Waals surface area contributed by atoms with E-state index in [1.54, 1.807) is 19.2 Å². The number of thiazole rings is 1. The number of anilines is 1. The first kappa shape index (κ1) is 22.4. The topological polar surface area (TPSA) is 97.8 Å². The van der Waals surface area contributed by atoms with Crippen LogP contribution in [0.1, 0.15) is 12.8 Å². The summed E-state index contributed by atoms with van der Waals surface area (Å²) in [6.45, 7) is 0.349. The molecular weight excluding hydrogens is 457 g/mol. The molecule has 3 aromatic rings. The first-order chi connectivity index (χ1) is 15.3. The third kappa shape index (κ3) is 4.27. The smallest absolute Gasteiger partial charge is 0.243 e. The molecule has 0 radical (unpaired) electrons. The van der Waals surface area contributed by atoms with Crippen LogP contribution in [0.5, 0.6) is 11.5 Å². The number of methoxy groups -OCH3 is 2. The van der Waals surface area contributed by atoms with Crippen molar-refractivity contribution in [2.45, 2.75) is 17.7 Å². The van der Waals surface area contributed by atoms with Crippen LogP contribution in [0.25, 0.3) is 10.2 Å². The Hall–Kier alpha value is -2.76. The molecule has 1 aromatic heterocycles. The van der Waals surface area contributed by atoms with Gasteiger partial charge in [0, 0.05) is 13.1 Å². The van der Waals surface area contributed by atoms with Crippen LogP contribution in [0.3, 0.4) is 0 Å². The molecule has 0 bridgehead atoms. The van der Waals surface area contributed by atoms with Crippen molar-refractivity contribution in [2.75, 3.05) is 32.6 Å². The van der Waals surface area contributed by atoms with Gasteiger partial charge in [-0.3, -0.25) is 4.79 Å². The van der Waals surface area contributed by atoms with Crippen LogP contribution in [-0.2, 0) is 14.8 Å². The highest BCUT2D eigenvalue weighted by atomic mass is 32.2. The summed E-state index contributed by atoms with van der Waals surface area (Å²) in [5.74, 6) is -0.167. The maximum Gasteiger partial charge on any atom is 0.243 e. The summed E-state index contributed by atoms with van der Waals surface area (Å²) in [4.78, 5) is 17.4. The molecule has 0 aliphatic carbocycles. The summed E-state index contributed by atoms with van der Waals surface area (Å²) in [6.07, 6.45) is 1.10. The van der Waals surface area contributed by atoms with Gasteiger partial charge in [-0.25, -0.2) is 17.8 Å². The number of ether oxygens (including phenoxy) is 2. The molecule has 1 saturated heterocycles. The molecule has 1 amide bonds. The number of nitrogens with zero attached hydrogens (tertiary/aromatic N) is 2. The van der Waals surface area contributed by atoms with Crippen LogP contribution >= 0.6 is 11.3 Å². The van der Waals surface area contributed by atoms with Crippen LogP contribution < -0.4 is 14.8 Å². The largest absolute Gasteiger partial charge is 0.495 e. The Kier molecular flexibility index (Phi) is 6.31. The number of carbonyl (C=O) groups is 1. The zero-order valence-electron chi connectivity index (χ0n) is 17.5. The van der Waals surface area contributed by atoms with E-state index in [1.165, 1.54) is 34.9 Å². The molecule has 1 N–H and O–H groups in total. The Morgan fingerprint density at radius 2 is 1.84 bits per heavy atom. The van der Waals surface area contributed by atoms with Gasteiger partial charge in [-0.1, -0.05) is 11.3 Å². The molecule has 4 rings (SSSR count). The highest BCUT2D eigenvalue weighted by Gasteiger charge is 2.33. The van der Waals surface area contributed by atoms with Crippen molar-refractivity contribution in [1.29, 1.82) is 0 Å². The quantitative estimate of drug-likeness (QED) is 0.581.